The highest BCUT2D eigenvalue weighted by Crippen LogP contribution is 2.63. The fourth-order valence-electron chi connectivity index (χ4n) is 9.47. The Balaban J connectivity index is 1.22. The first-order valence-electron chi connectivity index (χ1n) is 19.0. The topological polar surface area (TPSA) is 51.8 Å². The van der Waals surface area contributed by atoms with Gasteiger partial charge in [-0.2, -0.15) is 0 Å². The summed E-state index contributed by atoms with van der Waals surface area (Å²) in [7, 11) is 0. The zero-order valence-corrected chi connectivity index (χ0v) is 30.1. The van der Waals surface area contributed by atoms with Gasteiger partial charge >= 0.3 is 0 Å². The molecular formula is C52H31N3O. The number of nitrogens with zero attached hydrogens (tertiary/aromatic N) is 3. The van der Waals surface area contributed by atoms with Gasteiger partial charge in [-0.3, -0.25) is 0 Å². The van der Waals surface area contributed by atoms with Gasteiger partial charge in [0.25, 0.3) is 0 Å². The van der Waals surface area contributed by atoms with Gasteiger partial charge in [-0.15, -0.1) is 0 Å². The van der Waals surface area contributed by atoms with Crippen LogP contribution in [0.2, 0.25) is 0 Å². The molecule has 0 saturated heterocycles. The number of para-hydroxylation sites is 1. The fraction of sp³-hybridized carbons (Fsp3) is 0.0192. The van der Waals surface area contributed by atoms with Crippen molar-refractivity contribution in [1.82, 2.24) is 15.0 Å². The van der Waals surface area contributed by atoms with Crippen LogP contribution in [-0.2, 0) is 5.41 Å². The normalized spacial score (nSPS) is 14.9. The molecule has 12 rings (SSSR count). The molecular weight excluding hydrogens is 683 g/mol. The first kappa shape index (κ1) is 31.0. The van der Waals surface area contributed by atoms with Crippen LogP contribution < -0.4 is 0 Å². The van der Waals surface area contributed by atoms with E-state index in [1.807, 2.05) is 42.5 Å². The lowest BCUT2D eigenvalue weighted by atomic mass is 9.65. The van der Waals surface area contributed by atoms with Crippen molar-refractivity contribution < 1.29 is 4.42 Å². The number of benzene rings is 8. The second-order valence-corrected chi connectivity index (χ2v) is 14.6. The summed E-state index contributed by atoms with van der Waals surface area (Å²) < 4.78 is 6.53. The van der Waals surface area contributed by atoms with Gasteiger partial charge in [-0.1, -0.05) is 170 Å². The quantitative estimate of drug-likeness (QED) is 0.183. The van der Waals surface area contributed by atoms with E-state index in [0.717, 1.165) is 38.6 Å². The van der Waals surface area contributed by atoms with Crippen molar-refractivity contribution in [2.45, 2.75) is 5.41 Å². The number of hydrogen-bond donors (Lipinski definition) is 0. The van der Waals surface area contributed by atoms with Crippen LogP contribution in [0.4, 0.5) is 0 Å². The molecule has 0 radical (unpaired) electrons. The number of fused-ring (bicyclic) bond motifs is 16. The molecule has 0 N–H and O–H groups in total. The lowest BCUT2D eigenvalue weighted by Crippen LogP contribution is -2.29. The molecule has 56 heavy (non-hydrogen) atoms. The maximum absolute atomic E-state index is 6.53. The van der Waals surface area contributed by atoms with Crippen LogP contribution in [0.25, 0.3) is 89.5 Å². The first-order valence-corrected chi connectivity index (χ1v) is 19.0. The predicted octanol–water partition coefficient (Wildman–Crippen LogP) is 12.8. The minimum absolute atomic E-state index is 0.629. The van der Waals surface area contributed by atoms with Crippen LogP contribution in [0, 0.1) is 0 Å². The highest BCUT2D eigenvalue weighted by molar-refractivity contribution is 6.16. The average molecular weight is 714 g/mol. The van der Waals surface area contributed by atoms with E-state index in [2.05, 4.69) is 146 Å². The smallest absolute Gasteiger partial charge is 0.164 e. The molecule has 0 amide bonds. The van der Waals surface area contributed by atoms with Crippen molar-refractivity contribution in [1.29, 1.82) is 0 Å². The molecule has 10 aromatic rings. The molecule has 2 aliphatic rings. The van der Waals surface area contributed by atoms with Crippen molar-refractivity contribution in [2.75, 3.05) is 0 Å². The lowest BCUT2D eigenvalue weighted by molar-refractivity contribution is 0.668. The summed E-state index contributed by atoms with van der Waals surface area (Å²) in [6.07, 6.45) is 0. The van der Waals surface area contributed by atoms with Crippen LogP contribution in [-0.4, -0.2) is 15.0 Å². The summed E-state index contributed by atoms with van der Waals surface area (Å²) in [5, 5.41) is 2.27. The summed E-state index contributed by atoms with van der Waals surface area (Å²) in [5.41, 5.74) is 16.1. The van der Waals surface area contributed by atoms with Gasteiger partial charge in [0.05, 0.1) is 5.41 Å². The molecule has 1 atom stereocenters. The minimum Gasteiger partial charge on any atom is -0.456 e. The second-order valence-electron chi connectivity index (χ2n) is 14.6. The van der Waals surface area contributed by atoms with Crippen LogP contribution in [0.1, 0.15) is 22.3 Å². The highest BCUT2D eigenvalue weighted by atomic mass is 16.3. The molecule has 8 aromatic carbocycles. The Morgan fingerprint density at radius 3 is 1.54 bits per heavy atom. The Bertz CT molecular complexity index is 3140. The first-order chi connectivity index (χ1) is 27.8. The standard InChI is InChI=1S/C52H31N3O/c1-3-15-32(16-4-1)49-53-50(33-17-5-2-6-18-33)55-51(54-49)34-27-28-38-36-20-8-7-19-35(36)37-21-9-12-24-41(37)52(44(38)31-34)42-25-13-10-22-39(42)47-43(52)29-30-46-48(47)40-23-11-14-26-45(40)56-46/h1-31H. The molecule has 0 aliphatic heterocycles. The molecule has 4 heteroatoms. The Labute approximate surface area is 323 Å². The second kappa shape index (κ2) is 11.8. The molecule has 2 aromatic heterocycles. The number of hydrogen-bond acceptors (Lipinski definition) is 4. The average Bonchev–Trinajstić information content (AvgIpc) is 3.77. The van der Waals surface area contributed by atoms with Crippen LogP contribution >= 0.6 is 0 Å². The maximum Gasteiger partial charge on any atom is 0.164 e. The van der Waals surface area contributed by atoms with E-state index >= 15 is 0 Å². The van der Waals surface area contributed by atoms with Gasteiger partial charge in [-0.25, -0.2) is 15.0 Å². The number of rotatable bonds is 3. The SMILES string of the molecule is c1ccc(-c2nc(-c3ccccc3)nc(-c3ccc4c(c3)C3(c5ccccc5-c5ccccc5-4)c4ccccc4-c4c3ccc3oc5ccccc5c43)n2)cc1. The van der Waals surface area contributed by atoms with Crippen molar-refractivity contribution >= 4 is 21.9 Å². The molecule has 260 valence electrons. The Hall–Kier alpha value is -7.43. The van der Waals surface area contributed by atoms with Crippen LogP contribution in [0.3, 0.4) is 0 Å². The molecule has 0 bridgehead atoms. The third-order valence-electron chi connectivity index (χ3n) is 11.8. The van der Waals surface area contributed by atoms with Gasteiger partial charge in [0, 0.05) is 27.5 Å². The molecule has 0 fully saturated rings. The third-order valence-corrected chi connectivity index (χ3v) is 11.8. The lowest BCUT2D eigenvalue weighted by Gasteiger charge is -2.35. The number of furan rings is 1. The zero-order chi connectivity index (χ0) is 36.8. The molecule has 1 spiro atoms. The zero-order valence-electron chi connectivity index (χ0n) is 30.1. The van der Waals surface area contributed by atoms with E-state index in [0.29, 0.717) is 17.5 Å². The van der Waals surface area contributed by atoms with Crippen molar-refractivity contribution in [3.63, 3.8) is 0 Å². The van der Waals surface area contributed by atoms with Gasteiger partial charge in [0.1, 0.15) is 11.2 Å². The third kappa shape index (κ3) is 4.27. The minimum atomic E-state index is -0.684. The van der Waals surface area contributed by atoms with Gasteiger partial charge in [0.2, 0.25) is 0 Å². The van der Waals surface area contributed by atoms with E-state index in [9.17, 15) is 0 Å². The fourth-order valence-corrected chi connectivity index (χ4v) is 9.47. The summed E-state index contributed by atoms with van der Waals surface area (Å²) in [5.74, 6) is 1.91. The van der Waals surface area contributed by atoms with Gasteiger partial charge in [0.15, 0.2) is 17.5 Å². The highest BCUT2D eigenvalue weighted by Gasteiger charge is 2.50. The predicted molar refractivity (Wildman–Crippen MR) is 225 cm³/mol. The van der Waals surface area contributed by atoms with Crippen molar-refractivity contribution in [2.24, 2.45) is 0 Å². The van der Waals surface area contributed by atoms with Gasteiger partial charge < -0.3 is 4.42 Å². The van der Waals surface area contributed by atoms with E-state index < -0.39 is 5.41 Å². The monoisotopic (exact) mass is 713 g/mol. The molecule has 4 nitrogen and oxygen atoms in total. The summed E-state index contributed by atoms with van der Waals surface area (Å²) in [6.45, 7) is 0. The summed E-state index contributed by atoms with van der Waals surface area (Å²) >= 11 is 0. The maximum atomic E-state index is 6.53. The van der Waals surface area contributed by atoms with Crippen molar-refractivity contribution in [3.05, 3.63) is 210 Å². The van der Waals surface area contributed by atoms with Gasteiger partial charge in [-0.05, 0) is 73.8 Å². The molecule has 0 saturated carbocycles. The Kier molecular flexibility index (Phi) is 6.52. The molecule has 1 unspecified atom stereocenters. The molecule has 2 aliphatic carbocycles. The Morgan fingerprint density at radius 2 is 0.857 bits per heavy atom. The molecule has 2 heterocycles. The number of aromatic nitrogens is 3. The van der Waals surface area contributed by atoms with E-state index in [-0.39, 0.29) is 0 Å². The largest absolute Gasteiger partial charge is 0.456 e. The summed E-state index contributed by atoms with van der Waals surface area (Å²) in [6, 6.07) is 66.9. The van der Waals surface area contributed by atoms with E-state index in [1.54, 1.807) is 0 Å². The Morgan fingerprint density at radius 1 is 0.339 bits per heavy atom. The van der Waals surface area contributed by atoms with Crippen molar-refractivity contribution in [3.8, 4) is 67.5 Å². The van der Waals surface area contributed by atoms with E-state index in [4.69, 9.17) is 19.4 Å². The summed E-state index contributed by atoms with van der Waals surface area (Å²) in [4.78, 5) is 15.4. The van der Waals surface area contributed by atoms with Crippen LogP contribution in [0.15, 0.2) is 192 Å². The van der Waals surface area contributed by atoms with E-state index in [1.165, 1.54) is 55.6 Å². The van der Waals surface area contributed by atoms with Crippen LogP contribution in [0.5, 0.6) is 0 Å².